The molecule has 0 spiro atoms. The minimum absolute atomic E-state index is 0.359. The van der Waals surface area contributed by atoms with Gasteiger partial charge < -0.3 is 10.3 Å². The minimum atomic E-state index is -3.12. The molecule has 0 amide bonds. The number of rotatable bonds is 7. The number of hydrogen-bond donors (Lipinski definition) is 3. The molecule has 0 atom stereocenters. The van der Waals surface area contributed by atoms with Crippen LogP contribution in [0.5, 0.6) is 0 Å². The van der Waals surface area contributed by atoms with E-state index in [0.29, 0.717) is 19.6 Å². The van der Waals surface area contributed by atoms with Crippen LogP contribution in [0.25, 0.3) is 11.3 Å². The number of halogens is 1. The second-order valence-corrected chi connectivity index (χ2v) is 7.35. The van der Waals surface area contributed by atoms with Gasteiger partial charge in [0, 0.05) is 23.1 Å². The zero-order valence-electron chi connectivity index (χ0n) is 11.6. The van der Waals surface area contributed by atoms with Crippen LogP contribution in [0.15, 0.2) is 34.9 Å². The Morgan fingerprint density at radius 1 is 1.33 bits per heavy atom. The smallest absolute Gasteiger partial charge is 0.208 e. The van der Waals surface area contributed by atoms with Crippen molar-refractivity contribution in [1.82, 2.24) is 20.0 Å². The van der Waals surface area contributed by atoms with Crippen molar-refractivity contribution in [2.75, 3.05) is 19.3 Å². The molecule has 0 bridgehead atoms. The third-order valence-corrected chi connectivity index (χ3v) is 3.94. The first-order valence-electron chi connectivity index (χ1n) is 6.39. The van der Waals surface area contributed by atoms with Crippen molar-refractivity contribution in [3.05, 3.63) is 40.8 Å². The molecular formula is C13H17BrN4O2S. The van der Waals surface area contributed by atoms with Crippen molar-refractivity contribution in [3.63, 3.8) is 0 Å². The van der Waals surface area contributed by atoms with E-state index in [1.165, 1.54) is 0 Å². The zero-order valence-corrected chi connectivity index (χ0v) is 14.0. The number of benzene rings is 1. The van der Waals surface area contributed by atoms with Gasteiger partial charge in [0.05, 0.1) is 24.7 Å². The molecule has 3 N–H and O–H groups in total. The van der Waals surface area contributed by atoms with E-state index in [-0.39, 0.29) is 0 Å². The summed E-state index contributed by atoms with van der Waals surface area (Å²) in [5.74, 6) is 0.810. The quantitative estimate of drug-likeness (QED) is 0.642. The summed E-state index contributed by atoms with van der Waals surface area (Å²) in [6.45, 7) is 1.46. The summed E-state index contributed by atoms with van der Waals surface area (Å²) in [5.41, 5.74) is 2.00. The standard InChI is InChI=1S/C13H17BrN4O2S/c1-21(19,20)17-6-5-15-9-13-16-8-12(18-13)10-3-2-4-11(14)7-10/h2-4,7-8,15,17H,5-6,9H2,1H3,(H,16,18). The third kappa shape index (κ3) is 5.58. The lowest BCUT2D eigenvalue weighted by atomic mass is 10.2. The van der Waals surface area contributed by atoms with Gasteiger partial charge >= 0.3 is 0 Å². The van der Waals surface area contributed by atoms with Crippen LogP contribution in [0.4, 0.5) is 0 Å². The molecule has 2 aromatic rings. The minimum Gasteiger partial charge on any atom is -0.341 e. The molecule has 0 fully saturated rings. The highest BCUT2D eigenvalue weighted by Gasteiger charge is 2.04. The molecule has 0 aliphatic rings. The highest BCUT2D eigenvalue weighted by molar-refractivity contribution is 9.10. The first-order chi connectivity index (χ1) is 9.94. The molecule has 6 nitrogen and oxygen atoms in total. The lowest BCUT2D eigenvalue weighted by Gasteiger charge is -2.03. The summed E-state index contributed by atoms with van der Waals surface area (Å²) >= 11 is 3.44. The fourth-order valence-electron chi connectivity index (χ4n) is 1.79. The van der Waals surface area contributed by atoms with Crippen LogP contribution < -0.4 is 10.0 Å². The number of aromatic amines is 1. The monoisotopic (exact) mass is 372 g/mol. The van der Waals surface area contributed by atoms with Gasteiger partial charge in [-0.2, -0.15) is 0 Å². The number of hydrogen-bond acceptors (Lipinski definition) is 4. The van der Waals surface area contributed by atoms with Crippen LogP contribution in [0.2, 0.25) is 0 Å². The van der Waals surface area contributed by atoms with Crippen LogP contribution in [-0.4, -0.2) is 37.7 Å². The molecular weight excluding hydrogens is 356 g/mol. The van der Waals surface area contributed by atoms with Gasteiger partial charge in [0.25, 0.3) is 0 Å². The van der Waals surface area contributed by atoms with E-state index >= 15 is 0 Å². The van der Waals surface area contributed by atoms with Gasteiger partial charge in [-0.25, -0.2) is 18.1 Å². The fraction of sp³-hybridized carbons (Fsp3) is 0.308. The summed E-state index contributed by atoms with van der Waals surface area (Å²) in [6, 6.07) is 7.96. The summed E-state index contributed by atoms with van der Waals surface area (Å²) < 4.78 is 25.2. The van der Waals surface area contributed by atoms with Gasteiger partial charge in [0.2, 0.25) is 10.0 Å². The molecule has 21 heavy (non-hydrogen) atoms. The topological polar surface area (TPSA) is 86.9 Å². The maximum Gasteiger partial charge on any atom is 0.208 e. The normalized spacial score (nSPS) is 11.7. The fourth-order valence-corrected chi connectivity index (χ4v) is 2.66. The Morgan fingerprint density at radius 2 is 2.14 bits per heavy atom. The van der Waals surface area contributed by atoms with Crippen LogP contribution in [0.3, 0.4) is 0 Å². The van der Waals surface area contributed by atoms with Crippen molar-refractivity contribution in [2.45, 2.75) is 6.54 Å². The number of nitrogens with zero attached hydrogens (tertiary/aromatic N) is 1. The van der Waals surface area contributed by atoms with Crippen molar-refractivity contribution in [3.8, 4) is 11.3 Å². The highest BCUT2D eigenvalue weighted by atomic mass is 79.9. The summed E-state index contributed by atoms with van der Waals surface area (Å²) in [4.78, 5) is 7.53. The average Bonchev–Trinajstić information content (AvgIpc) is 2.86. The molecule has 114 valence electrons. The number of aromatic nitrogens is 2. The molecule has 1 heterocycles. The molecule has 0 radical (unpaired) electrons. The van der Waals surface area contributed by atoms with E-state index in [2.05, 4.69) is 35.9 Å². The van der Waals surface area contributed by atoms with E-state index in [1.807, 2.05) is 24.3 Å². The van der Waals surface area contributed by atoms with Crippen molar-refractivity contribution in [1.29, 1.82) is 0 Å². The van der Waals surface area contributed by atoms with Gasteiger partial charge in [-0.1, -0.05) is 28.1 Å². The molecule has 0 aliphatic heterocycles. The largest absolute Gasteiger partial charge is 0.341 e. The molecule has 1 aromatic heterocycles. The van der Waals surface area contributed by atoms with E-state index in [9.17, 15) is 8.42 Å². The Hall–Kier alpha value is -1.22. The Bertz CT molecular complexity index is 700. The van der Waals surface area contributed by atoms with E-state index in [4.69, 9.17) is 0 Å². The predicted octanol–water partition coefficient (Wildman–Crippen LogP) is 1.48. The number of H-pyrrole nitrogens is 1. The van der Waals surface area contributed by atoms with Crippen molar-refractivity contribution >= 4 is 26.0 Å². The zero-order chi connectivity index (χ0) is 15.3. The van der Waals surface area contributed by atoms with Crippen LogP contribution >= 0.6 is 15.9 Å². The van der Waals surface area contributed by atoms with Crippen LogP contribution in [0.1, 0.15) is 5.82 Å². The second kappa shape index (κ2) is 7.17. The van der Waals surface area contributed by atoms with Crippen molar-refractivity contribution in [2.24, 2.45) is 0 Å². The maximum atomic E-state index is 10.9. The predicted molar refractivity (Wildman–Crippen MR) is 86.3 cm³/mol. The maximum absolute atomic E-state index is 10.9. The van der Waals surface area contributed by atoms with Gasteiger partial charge in [0.1, 0.15) is 5.82 Å². The number of imidazole rings is 1. The average molecular weight is 373 g/mol. The molecule has 0 saturated carbocycles. The van der Waals surface area contributed by atoms with Crippen LogP contribution in [-0.2, 0) is 16.6 Å². The number of nitrogens with one attached hydrogen (secondary N) is 3. The first-order valence-corrected chi connectivity index (χ1v) is 9.08. The Kier molecular flexibility index (Phi) is 5.51. The molecule has 0 unspecified atom stereocenters. The van der Waals surface area contributed by atoms with E-state index in [1.54, 1.807) is 6.20 Å². The van der Waals surface area contributed by atoms with Crippen molar-refractivity contribution < 1.29 is 8.42 Å². The lowest BCUT2D eigenvalue weighted by Crippen LogP contribution is -2.30. The third-order valence-electron chi connectivity index (χ3n) is 2.72. The summed E-state index contributed by atoms with van der Waals surface area (Å²) in [5, 5.41) is 3.12. The Labute approximate surface area is 132 Å². The SMILES string of the molecule is CS(=O)(=O)NCCNCc1ncc(-c2cccc(Br)c2)[nH]1. The van der Waals surface area contributed by atoms with Crippen LogP contribution in [0, 0.1) is 0 Å². The summed E-state index contributed by atoms with van der Waals surface area (Å²) in [7, 11) is -3.12. The molecule has 1 aromatic carbocycles. The van der Waals surface area contributed by atoms with Gasteiger partial charge in [0.15, 0.2) is 0 Å². The van der Waals surface area contributed by atoms with Gasteiger partial charge in [-0.3, -0.25) is 0 Å². The molecule has 2 rings (SSSR count). The second-order valence-electron chi connectivity index (χ2n) is 4.60. The Balaban J connectivity index is 1.84. The molecule has 8 heteroatoms. The lowest BCUT2D eigenvalue weighted by molar-refractivity contribution is 0.580. The molecule has 0 saturated heterocycles. The first kappa shape index (κ1) is 16.2. The summed E-state index contributed by atoms with van der Waals surface area (Å²) in [6.07, 6.45) is 2.93. The highest BCUT2D eigenvalue weighted by Crippen LogP contribution is 2.21. The molecule has 0 aliphatic carbocycles. The van der Waals surface area contributed by atoms with E-state index < -0.39 is 10.0 Å². The Morgan fingerprint density at radius 3 is 2.86 bits per heavy atom. The van der Waals surface area contributed by atoms with Gasteiger partial charge in [-0.05, 0) is 12.1 Å². The van der Waals surface area contributed by atoms with Gasteiger partial charge in [-0.15, -0.1) is 0 Å². The van der Waals surface area contributed by atoms with E-state index in [0.717, 1.165) is 27.8 Å². The number of sulfonamides is 1.